The zero-order chi connectivity index (χ0) is 15.9. The smallest absolute Gasteiger partial charge is 0.196 e. The number of nitrogens with zero attached hydrogens (tertiary/aromatic N) is 3. The van der Waals surface area contributed by atoms with Crippen LogP contribution in [0.5, 0.6) is 0 Å². The lowest BCUT2D eigenvalue weighted by Gasteiger charge is -2.27. The molecule has 114 valence electrons. The first-order chi connectivity index (χ1) is 10.7. The molecular formula is C17H19ClN4. The molecule has 0 radical (unpaired) electrons. The van der Waals surface area contributed by atoms with Crippen LogP contribution in [0.4, 0.5) is 11.4 Å². The van der Waals surface area contributed by atoms with E-state index in [0.717, 1.165) is 16.9 Å². The Morgan fingerprint density at radius 2 is 2.27 bits per heavy atom. The molecule has 0 saturated carbocycles. The van der Waals surface area contributed by atoms with E-state index in [-0.39, 0.29) is 0 Å². The van der Waals surface area contributed by atoms with Crippen molar-refractivity contribution in [3.05, 3.63) is 60.7 Å². The molecule has 1 aromatic rings. The minimum atomic E-state index is 0.417. The highest BCUT2D eigenvalue weighted by molar-refractivity contribution is 6.67. The fourth-order valence-corrected chi connectivity index (χ4v) is 2.37. The Morgan fingerprint density at radius 3 is 3.00 bits per heavy atom. The Kier molecular flexibility index (Phi) is 5.55. The summed E-state index contributed by atoms with van der Waals surface area (Å²) in [4.78, 5) is 10.7. The topological polar surface area (TPSA) is 54.0 Å². The van der Waals surface area contributed by atoms with Crippen LogP contribution in [0.15, 0.2) is 70.7 Å². The third kappa shape index (κ3) is 3.86. The molecule has 5 heteroatoms. The number of para-hydroxylation sites is 2. The van der Waals surface area contributed by atoms with E-state index in [1.54, 1.807) is 6.08 Å². The van der Waals surface area contributed by atoms with Gasteiger partial charge in [-0.15, -0.1) is 0 Å². The predicted molar refractivity (Wildman–Crippen MR) is 96.3 cm³/mol. The van der Waals surface area contributed by atoms with Gasteiger partial charge in [-0.05, 0) is 24.6 Å². The molecule has 0 aromatic heterocycles. The molecule has 1 aliphatic heterocycles. The van der Waals surface area contributed by atoms with Crippen LogP contribution in [0.1, 0.15) is 6.92 Å². The highest BCUT2D eigenvalue weighted by atomic mass is 35.5. The second-order valence-corrected chi connectivity index (χ2v) is 5.15. The van der Waals surface area contributed by atoms with Crippen molar-refractivity contribution in [1.82, 2.24) is 0 Å². The highest BCUT2D eigenvalue weighted by Crippen LogP contribution is 2.32. The molecule has 1 aromatic carbocycles. The van der Waals surface area contributed by atoms with Crippen LogP contribution in [0.2, 0.25) is 0 Å². The average Bonchev–Trinajstić information content (AvgIpc) is 2.52. The van der Waals surface area contributed by atoms with Crippen molar-refractivity contribution in [3.8, 4) is 0 Å². The van der Waals surface area contributed by atoms with Gasteiger partial charge in [0.05, 0.1) is 24.5 Å². The van der Waals surface area contributed by atoms with Crippen LogP contribution in [-0.4, -0.2) is 24.2 Å². The Bertz CT molecular complexity index is 671. The number of fused-ring (bicyclic) bond motifs is 1. The maximum absolute atomic E-state index is 6.15. The molecule has 0 saturated heterocycles. The zero-order valence-electron chi connectivity index (χ0n) is 12.5. The average molecular weight is 315 g/mol. The number of nitrogens with two attached hydrogens (primary N) is 1. The van der Waals surface area contributed by atoms with E-state index in [1.807, 2.05) is 54.3 Å². The molecule has 0 atom stereocenters. The van der Waals surface area contributed by atoms with Crippen LogP contribution in [-0.2, 0) is 0 Å². The molecular weight excluding hydrogens is 296 g/mol. The van der Waals surface area contributed by atoms with Crippen molar-refractivity contribution in [3.63, 3.8) is 0 Å². The van der Waals surface area contributed by atoms with Crippen molar-refractivity contribution < 1.29 is 0 Å². The van der Waals surface area contributed by atoms with Gasteiger partial charge in [0, 0.05) is 0 Å². The van der Waals surface area contributed by atoms with E-state index >= 15 is 0 Å². The van der Waals surface area contributed by atoms with E-state index in [9.17, 15) is 0 Å². The van der Waals surface area contributed by atoms with Gasteiger partial charge in [-0.2, -0.15) is 0 Å². The summed E-state index contributed by atoms with van der Waals surface area (Å²) in [7, 11) is 0. The summed E-state index contributed by atoms with van der Waals surface area (Å²) >= 11 is 6.11. The van der Waals surface area contributed by atoms with Crippen molar-refractivity contribution >= 4 is 34.1 Å². The lowest BCUT2D eigenvalue weighted by molar-refractivity contribution is 1.08. The monoisotopic (exact) mass is 314 g/mol. The third-order valence-corrected chi connectivity index (χ3v) is 3.32. The van der Waals surface area contributed by atoms with Gasteiger partial charge >= 0.3 is 0 Å². The van der Waals surface area contributed by atoms with E-state index in [4.69, 9.17) is 17.3 Å². The summed E-state index contributed by atoms with van der Waals surface area (Å²) in [5.41, 5.74) is 8.89. The minimum absolute atomic E-state index is 0.417. The first-order valence-electron chi connectivity index (χ1n) is 6.99. The maximum atomic E-state index is 6.15. The van der Waals surface area contributed by atoms with Crippen molar-refractivity contribution in [2.75, 3.05) is 18.0 Å². The van der Waals surface area contributed by atoms with E-state index < -0.39 is 0 Å². The molecule has 0 aliphatic carbocycles. The second kappa shape index (κ2) is 7.61. The molecule has 22 heavy (non-hydrogen) atoms. The second-order valence-electron chi connectivity index (χ2n) is 4.71. The molecule has 2 N–H and O–H groups in total. The summed E-state index contributed by atoms with van der Waals surface area (Å²) in [5.74, 6) is 0.417. The lowest BCUT2D eigenvalue weighted by atomic mass is 10.2. The Hall–Kier alpha value is -2.33. The lowest BCUT2D eigenvalue weighted by Crippen LogP contribution is -2.41. The van der Waals surface area contributed by atoms with Gasteiger partial charge in [-0.3, -0.25) is 0 Å². The van der Waals surface area contributed by atoms with Crippen molar-refractivity contribution in [1.29, 1.82) is 0 Å². The number of aliphatic imine (C=N–C) groups is 2. The fourth-order valence-electron chi connectivity index (χ4n) is 2.16. The highest BCUT2D eigenvalue weighted by Gasteiger charge is 2.20. The summed E-state index contributed by atoms with van der Waals surface area (Å²) in [5, 5.41) is 0.493. The van der Waals surface area contributed by atoms with Crippen LogP contribution < -0.4 is 10.6 Å². The number of halogens is 1. The van der Waals surface area contributed by atoms with Crippen LogP contribution in [0, 0.1) is 0 Å². The normalized spacial score (nSPS) is 15.7. The van der Waals surface area contributed by atoms with Gasteiger partial charge in [0.1, 0.15) is 5.17 Å². The Morgan fingerprint density at radius 1 is 1.50 bits per heavy atom. The predicted octanol–water partition coefficient (Wildman–Crippen LogP) is 3.78. The molecule has 0 fully saturated rings. The first kappa shape index (κ1) is 16.0. The van der Waals surface area contributed by atoms with E-state index in [2.05, 4.69) is 16.6 Å². The molecule has 0 amide bonds. The molecule has 4 nitrogen and oxygen atoms in total. The molecule has 1 aliphatic rings. The summed E-state index contributed by atoms with van der Waals surface area (Å²) in [6.45, 7) is 6.58. The molecule has 0 unspecified atom stereocenters. The Labute approximate surface area is 136 Å². The first-order valence-corrected chi connectivity index (χ1v) is 7.37. The summed E-state index contributed by atoms with van der Waals surface area (Å²) < 4.78 is 0. The van der Waals surface area contributed by atoms with Gasteiger partial charge in [0.15, 0.2) is 5.96 Å². The maximum Gasteiger partial charge on any atom is 0.196 e. The van der Waals surface area contributed by atoms with Gasteiger partial charge in [0.2, 0.25) is 0 Å². The fraction of sp³-hybridized carbons (Fsp3) is 0.176. The van der Waals surface area contributed by atoms with E-state index in [0.29, 0.717) is 24.2 Å². The SMILES string of the molecule is C=C/C=C(\C=C/C)CN=C(N)N1CC(Cl)=Nc2ccccc21. The van der Waals surface area contributed by atoms with Crippen molar-refractivity contribution in [2.45, 2.75) is 6.92 Å². The number of rotatable bonds is 4. The third-order valence-electron chi connectivity index (χ3n) is 3.12. The minimum Gasteiger partial charge on any atom is -0.369 e. The number of hydrogen-bond acceptors (Lipinski definition) is 2. The summed E-state index contributed by atoms with van der Waals surface area (Å²) in [6, 6.07) is 7.72. The molecule has 0 spiro atoms. The van der Waals surface area contributed by atoms with Crippen LogP contribution in [0.25, 0.3) is 0 Å². The number of benzene rings is 1. The number of anilines is 1. The number of guanidine groups is 1. The number of allylic oxidation sites excluding steroid dienone is 3. The molecule has 0 bridgehead atoms. The van der Waals surface area contributed by atoms with Crippen molar-refractivity contribution in [2.24, 2.45) is 15.7 Å². The van der Waals surface area contributed by atoms with Crippen LogP contribution in [0.3, 0.4) is 0 Å². The largest absolute Gasteiger partial charge is 0.369 e. The number of hydrogen-bond donors (Lipinski definition) is 1. The van der Waals surface area contributed by atoms with E-state index in [1.165, 1.54) is 0 Å². The standard InChI is InChI=1S/C17H19ClN4/c1-3-7-13(8-4-2)11-20-17(19)22-12-16(18)21-14-9-5-6-10-15(14)22/h3-10H,1,11-12H2,2H3,(H2,19,20)/b8-4-,13-7+. The quantitative estimate of drug-likeness (QED) is 0.522. The van der Waals surface area contributed by atoms with Gasteiger partial charge in [0.25, 0.3) is 0 Å². The van der Waals surface area contributed by atoms with Gasteiger partial charge in [-0.25, -0.2) is 9.98 Å². The Balaban J connectivity index is 2.24. The van der Waals surface area contributed by atoms with Crippen LogP contribution >= 0.6 is 11.6 Å². The summed E-state index contributed by atoms with van der Waals surface area (Å²) in [6.07, 6.45) is 7.59. The molecule has 2 rings (SSSR count). The van der Waals surface area contributed by atoms with Gasteiger partial charge < -0.3 is 10.6 Å². The van der Waals surface area contributed by atoms with Gasteiger partial charge in [-0.1, -0.05) is 54.6 Å². The molecule has 1 heterocycles. The zero-order valence-corrected chi connectivity index (χ0v) is 13.3.